The van der Waals surface area contributed by atoms with Crippen molar-refractivity contribution >= 4 is 11.0 Å². The molecule has 19 nitrogen and oxygen atoms in total. The van der Waals surface area contributed by atoms with Gasteiger partial charge in [-0.1, -0.05) is 0 Å². The molecule has 0 radical (unpaired) electrons. The molecule has 0 aliphatic carbocycles. The lowest BCUT2D eigenvalue weighted by Gasteiger charge is -2.45. The molecule has 3 aromatic rings. The van der Waals surface area contributed by atoms with E-state index < -0.39 is 134 Å². The zero-order valence-corrected chi connectivity index (χ0v) is 26.4. The van der Waals surface area contributed by atoms with Crippen LogP contribution >= 0.6 is 0 Å². The second-order valence-electron chi connectivity index (χ2n) is 12.5. The van der Waals surface area contributed by atoms with Gasteiger partial charge in [-0.3, -0.25) is 4.79 Å². The van der Waals surface area contributed by atoms with Gasteiger partial charge in [0.05, 0.1) is 25.4 Å². The third-order valence-electron chi connectivity index (χ3n) is 9.15. The summed E-state index contributed by atoms with van der Waals surface area (Å²) in [5.41, 5.74) is -1.31. The Hall–Kier alpha value is -3.51. The van der Waals surface area contributed by atoms with Crippen molar-refractivity contribution < 1.29 is 89.4 Å². The molecule has 6 rings (SSSR count). The van der Waals surface area contributed by atoms with Crippen LogP contribution in [0.25, 0.3) is 22.3 Å². The third-order valence-corrected chi connectivity index (χ3v) is 9.15. The molecule has 3 saturated heterocycles. The van der Waals surface area contributed by atoms with Gasteiger partial charge in [0.1, 0.15) is 107 Å². The molecule has 3 fully saturated rings. The lowest BCUT2D eigenvalue weighted by Crippen LogP contribution is -2.60. The van der Waals surface area contributed by atoms with Crippen molar-refractivity contribution in [3.63, 3.8) is 0 Å². The molecule has 0 bridgehead atoms. The Kier molecular flexibility index (Phi) is 10.8. The molecular formula is C32H38O19. The molecule has 3 aliphatic rings. The zero-order valence-electron chi connectivity index (χ0n) is 26.4. The molecular weight excluding hydrogens is 688 g/mol. The molecule has 51 heavy (non-hydrogen) atoms. The van der Waals surface area contributed by atoms with E-state index in [1.807, 2.05) is 0 Å². The van der Waals surface area contributed by atoms with E-state index in [0.717, 1.165) is 12.1 Å². The van der Waals surface area contributed by atoms with E-state index in [0.29, 0.717) is 5.56 Å². The lowest BCUT2D eigenvalue weighted by molar-refractivity contribution is -0.325. The zero-order chi connectivity index (χ0) is 36.9. The highest BCUT2D eigenvalue weighted by atomic mass is 16.7. The average molecular weight is 727 g/mol. The summed E-state index contributed by atoms with van der Waals surface area (Å²) in [4.78, 5) is 13.4. The molecule has 1 aromatic heterocycles. The summed E-state index contributed by atoms with van der Waals surface area (Å²) in [5.74, 6) is -1.51. The summed E-state index contributed by atoms with van der Waals surface area (Å²) in [6, 6.07) is 7.72. The fraction of sp³-hybridized carbons (Fsp3) is 0.531. The van der Waals surface area contributed by atoms with Gasteiger partial charge in [0, 0.05) is 17.7 Å². The average Bonchev–Trinajstić information content (AvgIpc) is 3.11. The Labute approximate surface area is 286 Å². The van der Waals surface area contributed by atoms with E-state index in [1.165, 1.54) is 24.3 Å². The Balaban J connectivity index is 1.29. The number of aliphatic hydroxyl groups excluding tert-OH is 10. The molecule has 14 unspecified atom stereocenters. The Morgan fingerprint density at radius 1 is 0.725 bits per heavy atom. The summed E-state index contributed by atoms with van der Waals surface area (Å²) in [6.45, 7) is -1.96. The molecule has 4 heterocycles. The predicted molar refractivity (Wildman–Crippen MR) is 165 cm³/mol. The first kappa shape index (κ1) is 37.3. The highest BCUT2D eigenvalue weighted by Gasteiger charge is 2.51. The second kappa shape index (κ2) is 14.8. The third kappa shape index (κ3) is 6.90. The minimum Gasteiger partial charge on any atom is -0.507 e. The van der Waals surface area contributed by atoms with Crippen LogP contribution in [0.1, 0.15) is 11.7 Å². The van der Waals surface area contributed by atoms with Crippen LogP contribution < -0.4 is 10.2 Å². The van der Waals surface area contributed by atoms with Crippen molar-refractivity contribution in [1.29, 1.82) is 0 Å². The standard InChI is InChI=1S/C32H38O19/c33-7-17-23(40)26(43)30(51-31-27(44)21(38)14(37)9-46-31)29(49-17)20-13(36)6-16-19(24(20)41)12(35)5-15(48-16)10-1-3-11(4-2-10)47-32-28(45)25(42)22(39)18(8-34)50-32/h1-6,14,17-18,21-23,25-34,36-45H,7-9H2. The smallest absolute Gasteiger partial charge is 0.229 e. The fourth-order valence-corrected chi connectivity index (χ4v) is 6.25. The van der Waals surface area contributed by atoms with Crippen LogP contribution in [0.3, 0.4) is 0 Å². The number of aliphatic hydroxyl groups is 10. The van der Waals surface area contributed by atoms with Gasteiger partial charge in [-0.25, -0.2) is 0 Å². The molecule has 0 spiro atoms. The molecule has 12 N–H and O–H groups in total. The van der Waals surface area contributed by atoms with Gasteiger partial charge in [-0.15, -0.1) is 0 Å². The van der Waals surface area contributed by atoms with Gasteiger partial charge in [0.25, 0.3) is 0 Å². The van der Waals surface area contributed by atoms with Crippen molar-refractivity contribution in [2.24, 2.45) is 0 Å². The highest BCUT2D eigenvalue weighted by molar-refractivity contribution is 5.88. The minimum atomic E-state index is -1.90. The molecule has 19 heteroatoms. The van der Waals surface area contributed by atoms with E-state index in [1.54, 1.807) is 0 Å². The summed E-state index contributed by atoms with van der Waals surface area (Å²) >= 11 is 0. The first-order valence-corrected chi connectivity index (χ1v) is 15.8. The summed E-state index contributed by atoms with van der Waals surface area (Å²) in [6.07, 6.45) is -22.9. The van der Waals surface area contributed by atoms with Gasteiger partial charge in [-0.05, 0) is 24.3 Å². The molecule has 3 aliphatic heterocycles. The topological polar surface area (TPSA) is 319 Å². The fourth-order valence-electron chi connectivity index (χ4n) is 6.25. The maximum Gasteiger partial charge on any atom is 0.229 e. The molecule has 280 valence electrons. The molecule has 0 amide bonds. The van der Waals surface area contributed by atoms with Crippen molar-refractivity contribution in [2.75, 3.05) is 19.8 Å². The quantitative estimate of drug-likeness (QED) is 0.105. The SMILES string of the molecule is O=c1cc(-c2ccc(OC3OC(CO)C(O)C(O)C3O)cc2)oc2cc(O)c(C3OC(CO)C(O)C(O)C3OC3OCC(O)C(O)C3O)c(O)c12. The normalized spacial score (nSPS) is 37.4. The van der Waals surface area contributed by atoms with Crippen molar-refractivity contribution in [3.05, 3.63) is 52.2 Å². The number of phenols is 2. The maximum atomic E-state index is 13.4. The Morgan fingerprint density at radius 3 is 2.02 bits per heavy atom. The molecule has 2 aromatic carbocycles. The van der Waals surface area contributed by atoms with Crippen LogP contribution in [0.4, 0.5) is 0 Å². The van der Waals surface area contributed by atoms with Gasteiger partial charge in [0.2, 0.25) is 6.29 Å². The minimum absolute atomic E-state index is 0.0309. The molecule has 14 atom stereocenters. The first-order chi connectivity index (χ1) is 24.2. The van der Waals surface area contributed by atoms with E-state index in [-0.39, 0.29) is 17.1 Å². The number of hydrogen-bond acceptors (Lipinski definition) is 19. The number of ether oxygens (including phenoxy) is 5. The number of phenolic OH excluding ortho intramolecular Hbond substituents is 2. The summed E-state index contributed by atoms with van der Waals surface area (Å²) in [5, 5.41) is 123. The van der Waals surface area contributed by atoms with E-state index >= 15 is 0 Å². The van der Waals surface area contributed by atoms with Crippen molar-refractivity contribution in [2.45, 2.75) is 85.8 Å². The summed E-state index contributed by atoms with van der Waals surface area (Å²) in [7, 11) is 0. The van der Waals surface area contributed by atoms with Crippen LogP contribution in [-0.4, -0.2) is 161 Å². The van der Waals surface area contributed by atoms with E-state index in [9.17, 15) is 66.1 Å². The number of benzene rings is 2. The van der Waals surface area contributed by atoms with Crippen molar-refractivity contribution in [3.8, 4) is 28.6 Å². The van der Waals surface area contributed by atoms with Gasteiger partial charge < -0.3 is 89.4 Å². The maximum absolute atomic E-state index is 13.4. The predicted octanol–water partition coefficient (Wildman–Crippen LogP) is -3.97. The van der Waals surface area contributed by atoms with Crippen LogP contribution in [0, 0.1) is 0 Å². The number of fused-ring (bicyclic) bond motifs is 1. The highest BCUT2D eigenvalue weighted by Crippen LogP contribution is 2.46. The number of aromatic hydroxyl groups is 2. The Morgan fingerprint density at radius 2 is 1.35 bits per heavy atom. The van der Waals surface area contributed by atoms with Gasteiger partial charge in [0.15, 0.2) is 11.7 Å². The van der Waals surface area contributed by atoms with Gasteiger partial charge >= 0.3 is 0 Å². The first-order valence-electron chi connectivity index (χ1n) is 15.8. The summed E-state index contributed by atoms with van der Waals surface area (Å²) < 4.78 is 33.4. The number of hydrogen-bond donors (Lipinski definition) is 12. The Bertz CT molecular complexity index is 1730. The van der Waals surface area contributed by atoms with Crippen LogP contribution in [0.15, 0.2) is 45.6 Å². The second-order valence-corrected chi connectivity index (χ2v) is 12.5. The van der Waals surface area contributed by atoms with Gasteiger partial charge in [-0.2, -0.15) is 0 Å². The van der Waals surface area contributed by atoms with Crippen LogP contribution in [-0.2, 0) is 18.9 Å². The van der Waals surface area contributed by atoms with E-state index in [4.69, 9.17) is 28.1 Å². The van der Waals surface area contributed by atoms with Crippen LogP contribution in [0.2, 0.25) is 0 Å². The number of rotatable bonds is 8. The lowest BCUT2D eigenvalue weighted by atomic mass is 9.89. The largest absolute Gasteiger partial charge is 0.507 e. The van der Waals surface area contributed by atoms with Crippen LogP contribution in [0.5, 0.6) is 17.2 Å². The van der Waals surface area contributed by atoms with E-state index in [2.05, 4.69) is 0 Å². The monoisotopic (exact) mass is 726 g/mol. The molecule has 0 saturated carbocycles. The van der Waals surface area contributed by atoms with Crippen molar-refractivity contribution in [1.82, 2.24) is 0 Å².